The molecule has 0 aromatic heterocycles. The summed E-state index contributed by atoms with van der Waals surface area (Å²) in [5.41, 5.74) is 6.40. The Hall–Kier alpha value is -2.06. The fraction of sp³-hybridized carbons (Fsp3) is 0.250. The number of rotatable bonds is 4. The van der Waals surface area contributed by atoms with E-state index in [0.29, 0.717) is 17.6 Å². The molecule has 2 heteroatoms. The molecule has 0 unspecified atom stereocenters. The van der Waals surface area contributed by atoms with Gasteiger partial charge in [-0.25, -0.2) is 0 Å². The van der Waals surface area contributed by atoms with Crippen LogP contribution in [0, 0.1) is 0 Å². The van der Waals surface area contributed by atoms with Crippen LogP contribution in [0.3, 0.4) is 0 Å². The third-order valence-corrected chi connectivity index (χ3v) is 5.28. The normalized spacial score (nSPS) is 11.3. The molecule has 0 bridgehead atoms. The van der Waals surface area contributed by atoms with Crippen LogP contribution in [0.4, 0.5) is 0 Å². The Kier molecular flexibility index (Phi) is 5.52. The van der Waals surface area contributed by atoms with Crippen LogP contribution in [0.15, 0.2) is 65.1 Å². The van der Waals surface area contributed by atoms with E-state index in [1.807, 2.05) is 24.3 Å². The van der Waals surface area contributed by atoms with Gasteiger partial charge in [0.2, 0.25) is 0 Å². The molecule has 0 amide bonds. The van der Waals surface area contributed by atoms with Gasteiger partial charge in [-0.05, 0) is 46.2 Å². The molecule has 134 valence electrons. The van der Waals surface area contributed by atoms with E-state index in [0.717, 1.165) is 26.7 Å². The number of phenols is 1. The summed E-state index contributed by atoms with van der Waals surface area (Å²) in [4.78, 5) is 0. The summed E-state index contributed by atoms with van der Waals surface area (Å²) in [5.74, 6) is 1.11. The van der Waals surface area contributed by atoms with E-state index < -0.39 is 0 Å². The van der Waals surface area contributed by atoms with Gasteiger partial charge in [0.25, 0.3) is 0 Å². The maximum atomic E-state index is 11.2. The first-order chi connectivity index (χ1) is 12.4. The first-order valence-electron chi connectivity index (χ1n) is 9.11. The van der Waals surface area contributed by atoms with Gasteiger partial charge in [-0.2, -0.15) is 0 Å². The molecule has 0 saturated carbocycles. The predicted molar refractivity (Wildman–Crippen MR) is 115 cm³/mol. The molecule has 3 aromatic rings. The monoisotopic (exact) mass is 408 g/mol. The van der Waals surface area contributed by atoms with E-state index >= 15 is 0 Å². The number of hydrogen-bond acceptors (Lipinski definition) is 1. The van der Waals surface area contributed by atoms with Crippen LogP contribution < -0.4 is 0 Å². The van der Waals surface area contributed by atoms with Gasteiger partial charge in [-0.15, -0.1) is 0 Å². The highest BCUT2D eigenvalue weighted by Gasteiger charge is 2.18. The molecule has 26 heavy (non-hydrogen) atoms. The van der Waals surface area contributed by atoms with Crippen molar-refractivity contribution in [2.24, 2.45) is 0 Å². The highest BCUT2D eigenvalue weighted by molar-refractivity contribution is 9.10. The van der Waals surface area contributed by atoms with Crippen molar-refractivity contribution < 1.29 is 5.11 Å². The van der Waals surface area contributed by atoms with Crippen LogP contribution in [-0.2, 0) is 0 Å². The van der Waals surface area contributed by atoms with E-state index in [1.165, 1.54) is 11.1 Å². The van der Waals surface area contributed by atoms with Crippen molar-refractivity contribution in [1.29, 1.82) is 0 Å². The van der Waals surface area contributed by atoms with Gasteiger partial charge in [0.1, 0.15) is 5.75 Å². The Balaban J connectivity index is 2.28. The second-order valence-corrected chi connectivity index (χ2v) is 8.25. The van der Waals surface area contributed by atoms with Crippen LogP contribution in [0.25, 0.3) is 22.3 Å². The Labute approximate surface area is 164 Å². The molecular weight excluding hydrogens is 384 g/mol. The van der Waals surface area contributed by atoms with Crippen molar-refractivity contribution in [1.82, 2.24) is 0 Å². The molecule has 0 saturated heterocycles. The van der Waals surface area contributed by atoms with E-state index in [9.17, 15) is 5.11 Å². The van der Waals surface area contributed by atoms with Crippen molar-refractivity contribution in [3.63, 3.8) is 0 Å². The zero-order chi connectivity index (χ0) is 18.8. The quantitative estimate of drug-likeness (QED) is 0.467. The molecule has 0 aliphatic rings. The lowest BCUT2D eigenvalue weighted by Crippen LogP contribution is -1.95. The minimum absolute atomic E-state index is 0.342. The van der Waals surface area contributed by atoms with Gasteiger partial charge in [0.15, 0.2) is 0 Å². The maximum absolute atomic E-state index is 11.2. The van der Waals surface area contributed by atoms with E-state index in [1.54, 1.807) is 0 Å². The third-order valence-electron chi connectivity index (χ3n) is 4.82. The van der Waals surface area contributed by atoms with Gasteiger partial charge >= 0.3 is 0 Å². The highest BCUT2D eigenvalue weighted by atomic mass is 79.9. The van der Waals surface area contributed by atoms with Gasteiger partial charge in [0, 0.05) is 15.6 Å². The number of aromatic hydroxyl groups is 1. The minimum Gasteiger partial charge on any atom is -0.507 e. The summed E-state index contributed by atoms with van der Waals surface area (Å²) < 4.78 is 0.970. The molecule has 0 spiro atoms. The average molecular weight is 409 g/mol. The molecule has 3 rings (SSSR count). The van der Waals surface area contributed by atoms with Crippen LogP contribution >= 0.6 is 15.9 Å². The zero-order valence-corrected chi connectivity index (χ0v) is 17.3. The second-order valence-electron chi connectivity index (χ2n) is 7.33. The lowest BCUT2D eigenvalue weighted by Gasteiger charge is -2.19. The summed E-state index contributed by atoms with van der Waals surface area (Å²) in [6.07, 6.45) is 0. The van der Waals surface area contributed by atoms with Crippen molar-refractivity contribution in [3.8, 4) is 28.0 Å². The van der Waals surface area contributed by atoms with Crippen LogP contribution in [0.2, 0.25) is 0 Å². The van der Waals surface area contributed by atoms with Crippen molar-refractivity contribution in [2.75, 3.05) is 0 Å². The summed E-state index contributed by atoms with van der Waals surface area (Å²) >= 11 is 3.65. The van der Waals surface area contributed by atoms with Crippen molar-refractivity contribution >= 4 is 15.9 Å². The fourth-order valence-electron chi connectivity index (χ4n) is 3.50. The van der Waals surface area contributed by atoms with Gasteiger partial charge in [-0.1, -0.05) is 92.2 Å². The third kappa shape index (κ3) is 3.57. The standard InChI is InChI=1S/C24H25BrO/c1-15(2)18-9-5-7-11-20(18)22-13-17(25)14-23(24(22)26)21-12-8-6-10-19(21)16(3)4/h5-16,26H,1-4H3. The van der Waals surface area contributed by atoms with Crippen molar-refractivity contribution in [2.45, 2.75) is 39.5 Å². The molecule has 0 heterocycles. The summed E-state index contributed by atoms with van der Waals surface area (Å²) in [7, 11) is 0. The second kappa shape index (κ2) is 7.67. The zero-order valence-electron chi connectivity index (χ0n) is 15.8. The fourth-order valence-corrected chi connectivity index (χ4v) is 3.96. The van der Waals surface area contributed by atoms with E-state index in [2.05, 4.69) is 80.0 Å². The Morgan fingerprint density at radius 2 is 1.04 bits per heavy atom. The number of halogens is 1. The Morgan fingerprint density at radius 3 is 1.42 bits per heavy atom. The van der Waals surface area contributed by atoms with Crippen LogP contribution in [0.1, 0.15) is 50.7 Å². The topological polar surface area (TPSA) is 20.2 Å². The SMILES string of the molecule is CC(C)c1ccccc1-c1cc(Br)cc(-c2ccccc2C(C)C)c1O. The van der Waals surface area contributed by atoms with Crippen LogP contribution in [-0.4, -0.2) is 5.11 Å². The smallest absolute Gasteiger partial charge is 0.131 e. The van der Waals surface area contributed by atoms with Gasteiger partial charge < -0.3 is 5.11 Å². The molecule has 1 nitrogen and oxygen atoms in total. The summed E-state index contributed by atoms with van der Waals surface area (Å²) in [5, 5.41) is 11.2. The lowest BCUT2D eigenvalue weighted by molar-refractivity contribution is 0.479. The molecule has 1 N–H and O–H groups in total. The number of benzene rings is 3. The van der Waals surface area contributed by atoms with E-state index in [4.69, 9.17) is 0 Å². The minimum atomic E-state index is 0.342. The largest absolute Gasteiger partial charge is 0.507 e. The van der Waals surface area contributed by atoms with E-state index in [-0.39, 0.29) is 0 Å². The maximum Gasteiger partial charge on any atom is 0.131 e. The lowest BCUT2D eigenvalue weighted by atomic mass is 9.88. The Bertz CT molecular complexity index is 852. The van der Waals surface area contributed by atoms with Gasteiger partial charge in [-0.3, -0.25) is 0 Å². The first-order valence-corrected chi connectivity index (χ1v) is 9.90. The summed E-state index contributed by atoms with van der Waals surface area (Å²) in [6.45, 7) is 8.73. The van der Waals surface area contributed by atoms with Crippen molar-refractivity contribution in [3.05, 3.63) is 76.3 Å². The van der Waals surface area contributed by atoms with Gasteiger partial charge in [0.05, 0.1) is 0 Å². The highest BCUT2D eigenvalue weighted by Crippen LogP contribution is 2.44. The van der Waals surface area contributed by atoms with Crippen LogP contribution in [0.5, 0.6) is 5.75 Å². The molecule has 3 aromatic carbocycles. The average Bonchev–Trinajstić information content (AvgIpc) is 2.63. The number of hydrogen-bond donors (Lipinski definition) is 1. The molecule has 0 atom stereocenters. The first kappa shape index (κ1) is 18.7. The molecule has 0 radical (unpaired) electrons. The Morgan fingerprint density at radius 1 is 0.654 bits per heavy atom. The molecular formula is C24H25BrO. The molecule has 0 fully saturated rings. The molecule has 0 aliphatic carbocycles. The summed E-state index contributed by atoms with van der Waals surface area (Å²) in [6, 6.07) is 20.7. The predicted octanol–water partition coefficient (Wildman–Crippen LogP) is 7.74. The number of phenolic OH excluding ortho intramolecular Hbond substituents is 1. The molecule has 0 aliphatic heterocycles.